The van der Waals surface area contributed by atoms with Crippen LogP contribution in [0.25, 0.3) is 0 Å². The zero-order chi connectivity index (χ0) is 21.3. The van der Waals surface area contributed by atoms with Crippen molar-refractivity contribution in [3.63, 3.8) is 0 Å². The molecule has 7 heteroatoms. The van der Waals surface area contributed by atoms with Gasteiger partial charge in [-0.05, 0) is 79.3 Å². The molecule has 0 radical (unpaired) electrons. The molecule has 2 N–H and O–H groups in total. The van der Waals surface area contributed by atoms with Crippen LogP contribution in [0.5, 0.6) is 0 Å². The van der Waals surface area contributed by atoms with Crippen LogP contribution in [-0.4, -0.2) is 14.3 Å². The Balaban J connectivity index is 1.59. The standard InChI is InChI=1S/C23H21FN2O3S/c1-15-9-12-19(30(28,29)26-22-8-3-2-7-21(22)24)14-20(15)23(27)25-18-11-10-16-5-4-6-17(16)13-18/h2-3,7-14,26H,4-6H2,1H3,(H,25,27). The number of fused-ring (bicyclic) bond motifs is 1. The maximum absolute atomic E-state index is 13.9. The minimum absolute atomic E-state index is 0.115. The topological polar surface area (TPSA) is 75.3 Å². The number of sulfonamides is 1. The summed E-state index contributed by atoms with van der Waals surface area (Å²) in [5.74, 6) is -1.07. The normalized spacial score (nSPS) is 13.0. The lowest BCUT2D eigenvalue weighted by Crippen LogP contribution is -2.17. The summed E-state index contributed by atoms with van der Waals surface area (Å²) in [6, 6.07) is 15.6. The van der Waals surface area contributed by atoms with E-state index in [2.05, 4.69) is 10.0 Å². The highest BCUT2D eigenvalue weighted by molar-refractivity contribution is 7.92. The van der Waals surface area contributed by atoms with Gasteiger partial charge < -0.3 is 5.32 Å². The molecule has 4 rings (SSSR count). The Morgan fingerprint density at radius 2 is 1.73 bits per heavy atom. The summed E-state index contributed by atoms with van der Waals surface area (Å²) in [7, 11) is -4.06. The second-order valence-electron chi connectivity index (χ2n) is 7.35. The molecule has 3 aromatic rings. The zero-order valence-corrected chi connectivity index (χ0v) is 17.2. The van der Waals surface area contributed by atoms with E-state index in [1.165, 1.54) is 47.5 Å². The third-order valence-corrected chi connectivity index (χ3v) is 6.60. The number of anilines is 2. The molecule has 0 fully saturated rings. The maximum Gasteiger partial charge on any atom is 0.262 e. The number of aryl methyl sites for hydroxylation is 3. The summed E-state index contributed by atoms with van der Waals surface area (Å²) in [4.78, 5) is 12.7. The summed E-state index contributed by atoms with van der Waals surface area (Å²) in [6.07, 6.45) is 3.16. The largest absolute Gasteiger partial charge is 0.322 e. The number of carbonyl (C=O) groups is 1. The third-order valence-electron chi connectivity index (χ3n) is 5.24. The lowest BCUT2D eigenvalue weighted by atomic mass is 10.1. The van der Waals surface area contributed by atoms with E-state index >= 15 is 0 Å². The predicted molar refractivity (Wildman–Crippen MR) is 115 cm³/mol. The average molecular weight is 424 g/mol. The van der Waals surface area contributed by atoms with Gasteiger partial charge >= 0.3 is 0 Å². The third kappa shape index (κ3) is 4.07. The van der Waals surface area contributed by atoms with E-state index in [-0.39, 0.29) is 16.1 Å². The van der Waals surface area contributed by atoms with Gasteiger partial charge in [0.15, 0.2) is 0 Å². The molecular formula is C23H21FN2O3S. The average Bonchev–Trinajstić information content (AvgIpc) is 3.17. The van der Waals surface area contributed by atoms with Crippen molar-refractivity contribution in [3.05, 3.63) is 88.7 Å². The molecule has 0 aromatic heterocycles. The highest BCUT2D eigenvalue weighted by atomic mass is 32.2. The summed E-state index contributed by atoms with van der Waals surface area (Å²) >= 11 is 0. The Morgan fingerprint density at radius 1 is 0.967 bits per heavy atom. The van der Waals surface area contributed by atoms with Gasteiger partial charge in [0.1, 0.15) is 5.82 Å². The molecule has 0 spiro atoms. The van der Waals surface area contributed by atoms with Gasteiger partial charge in [-0.15, -0.1) is 0 Å². The van der Waals surface area contributed by atoms with Crippen molar-refractivity contribution in [1.82, 2.24) is 0 Å². The van der Waals surface area contributed by atoms with Gasteiger partial charge in [0.25, 0.3) is 15.9 Å². The van der Waals surface area contributed by atoms with Gasteiger partial charge in [-0.1, -0.05) is 24.3 Å². The zero-order valence-electron chi connectivity index (χ0n) is 16.4. The maximum atomic E-state index is 13.9. The van der Waals surface area contributed by atoms with Crippen molar-refractivity contribution in [2.45, 2.75) is 31.1 Å². The molecule has 1 aliphatic carbocycles. The Hall–Kier alpha value is -3.19. The number of benzene rings is 3. The van der Waals surface area contributed by atoms with Gasteiger partial charge in [-0.2, -0.15) is 0 Å². The number of amides is 1. The lowest BCUT2D eigenvalue weighted by Gasteiger charge is -2.13. The van der Waals surface area contributed by atoms with Crippen molar-refractivity contribution in [2.75, 3.05) is 10.0 Å². The van der Waals surface area contributed by atoms with Crippen molar-refractivity contribution in [1.29, 1.82) is 0 Å². The van der Waals surface area contributed by atoms with E-state index in [1.807, 2.05) is 18.2 Å². The van der Waals surface area contributed by atoms with Crippen LogP contribution < -0.4 is 10.0 Å². The Kier molecular flexibility index (Phi) is 5.30. The van der Waals surface area contributed by atoms with Crippen LogP contribution in [0.2, 0.25) is 0 Å². The molecule has 3 aromatic carbocycles. The van der Waals surface area contributed by atoms with Crippen LogP contribution in [0, 0.1) is 12.7 Å². The highest BCUT2D eigenvalue weighted by Crippen LogP contribution is 2.26. The molecule has 0 unspecified atom stereocenters. The molecule has 0 atom stereocenters. The highest BCUT2D eigenvalue weighted by Gasteiger charge is 2.20. The van der Waals surface area contributed by atoms with Crippen LogP contribution in [-0.2, 0) is 22.9 Å². The van der Waals surface area contributed by atoms with Crippen LogP contribution in [0.4, 0.5) is 15.8 Å². The summed E-state index contributed by atoms with van der Waals surface area (Å²) in [5.41, 5.74) is 3.94. The fourth-order valence-corrected chi connectivity index (χ4v) is 4.70. The molecule has 1 amide bonds. The quantitative estimate of drug-likeness (QED) is 0.625. The lowest BCUT2D eigenvalue weighted by molar-refractivity contribution is 0.102. The number of nitrogens with one attached hydrogen (secondary N) is 2. The van der Waals surface area contributed by atoms with Crippen molar-refractivity contribution >= 4 is 27.3 Å². The Bertz CT molecular complexity index is 1240. The van der Waals surface area contributed by atoms with Gasteiger partial charge in [0.2, 0.25) is 0 Å². The van der Waals surface area contributed by atoms with E-state index in [0.717, 1.165) is 19.3 Å². The van der Waals surface area contributed by atoms with Gasteiger partial charge in [0, 0.05) is 11.3 Å². The van der Waals surface area contributed by atoms with Crippen LogP contribution in [0.3, 0.4) is 0 Å². The molecule has 0 heterocycles. The van der Waals surface area contributed by atoms with E-state index in [9.17, 15) is 17.6 Å². The van der Waals surface area contributed by atoms with Crippen LogP contribution >= 0.6 is 0 Å². The SMILES string of the molecule is Cc1ccc(S(=O)(=O)Nc2ccccc2F)cc1C(=O)Nc1ccc2c(c1)CCC2. The van der Waals surface area contributed by atoms with Crippen molar-refractivity contribution in [2.24, 2.45) is 0 Å². The Morgan fingerprint density at radius 3 is 2.53 bits per heavy atom. The van der Waals surface area contributed by atoms with E-state index in [4.69, 9.17) is 0 Å². The molecule has 154 valence electrons. The minimum Gasteiger partial charge on any atom is -0.322 e. The van der Waals surface area contributed by atoms with Gasteiger partial charge in [-0.25, -0.2) is 12.8 Å². The first-order chi connectivity index (χ1) is 14.3. The second-order valence-corrected chi connectivity index (χ2v) is 9.04. The molecule has 5 nitrogen and oxygen atoms in total. The van der Waals surface area contributed by atoms with E-state index in [0.29, 0.717) is 11.3 Å². The smallest absolute Gasteiger partial charge is 0.262 e. The molecule has 0 bridgehead atoms. The monoisotopic (exact) mass is 424 g/mol. The van der Waals surface area contributed by atoms with Crippen molar-refractivity contribution in [3.8, 4) is 0 Å². The van der Waals surface area contributed by atoms with Crippen LogP contribution in [0.15, 0.2) is 65.6 Å². The molecule has 0 saturated heterocycles. The number of hydrogen-bond acceptors (Lipinski definition) is 3. The first-order valence-electron chi connectivity index (χ1n) is 9.65. The number of para-hydroxylation sites is 1. The second kappa shape index (κ2) is 7.91. The number of halogens is 1. The summed E-state index contributed by atoms with van der Waals surface area (Å²) in [6.45, 7) is 1.73. The first kappa shape index (κ1) is 20.1. The number of rotatable bonds is 5. The minimum atomic E-state index is -4.06. The number of carbonyl (C=O) groups excluding carboxylic acids is 1. The molecular weight excluding hydrogens is 403 g/mol. The Labute approximate surface area is 175 Å². The summed E-state index contributed by atoms with van der Waals surface area (Å²) in [5, 5.41) is 2.85. The molecule has 1 aliphatic rings. The van der Waals surface area contributed by atoms with Crippen LogP contribution in [0.1, 0.15) is 33.5 Å². The fourth-order valence-electron chi connectivity index (χ4n) is 3.61. The van der Waals surface area contributed by atoms with Gasteiger partial charge in [0.05, 0.1) is 10.6 Å². The van der Waals surface area contributed by atoms with Crippen molar-refractivity contribution < 1.29 is 17.6 Å². The van der Waals surface area contributed by atoms with E-state index in [1.54, 1.807) is 13.0 Å². The molecule has 0 aliphatic heterocycles. The van der Waals surface area contributed by atoms with Gasteiger partial charge in [-0.3, -0.25) is 9.52 Å². The van der Waals surface area contributed by atoms with E-state index < -0.39 is 21.7 Å². The number of hydrogen-bond donors (Lipinski definition) is 2. The molecule has 30 heavy (non-hydrogen) atoms. The first-order valence-corrected chi connectivity index (χ1v) is 11.1. The predicted octanol–water partition coefficient (Wildman–Crippen LogP) is 4.68. The fraction of sp³-hybridized carbons (Fsp3) is 0.174. The summed E-state index contributed by atoms with van der Waals surface area (Å²) < 4.78 is 41.5. The molecule has 0 saturated carbocycles.